The van der Waals surface area contributed by atoms with Gasteiger partial charge in [0.1, 0.15) is 11.4 Å². The van der Waals surface area contributed by atoms with Crippen molar-refractivity contribution in [1.82, 2.24) is 19.4 Å². The van der Waals surface area contributed by atoms with Crippen LogP contribution in [0.1, 0.15) is 26.3 Å². The van der Waals surface area contributed by atoms with Crippen molar-refractivity contribution in [2.24, 2.45) is 23.9 Å². The number of allylic oxidation sites excluding steroid dienone is 2. The van der Waals surface area contributed by atoms with E-state index in [1.807, 2.05) is 38.2 Å². The van der Waals surface area contributed by atoms with Crippen LogP contribution in [-0.4, -0.2) is 79.4 Å². The van der Waals surface area contributed by atoms with E-state index in [-0.39, 0.29) is 17.4 Å². The summed E-state index contributed by atoms with van der Waals surface area (Å²) in [6, 6.07) is 5.39. The zero-order valence-electron chi connectivity index (χ0n) is 26.7. The van der Waals surface area contributed by atoms with E-state index in [9.17, 15) is 9.59 Å². The Labute approximate surface area is 254 Å². The fraction of sp³-hybridized carbons (Fsp3) is 0.406. The number of nitrogens with one attached hydrogen (secondary N) is 2. The quantitative estimate of drug-likeness (QED) is 0.222. The average Bonchev–Trinajstić information content (AvgIpc) is 2.98. The van der Waals surface area contributed by atoms with Gasteiger partial charge in [0.05, 0.1) is 35.4 Å². The second-order valence-electron chi connectivity index (χ2n) is 11.1. The van der Waals surface area contributed by atoms with E-state index in [2.05, 4.69) is 63.9 Å². The molecule has 1 amide bonds. The van der Waals surface area contributed by atoms with Crippen LogP contribution in [-0.2, 0) is 11.8 Å². The van der Waals surface area contributed by atoms with Crippen LogP contribution in [0.25, 0.3) is 11.0 Å². The molecule has 230 valence electrons. The molecule has 11 heteroatoms. The Hall–Kier alpha value is -4.51. The molecule has 2 aromatic heterocycles. The van der Waals surface area contributed by atoms with Gasteiger partial charge in [0, 0.05) is 51.9 Å². The predicted molar refractivity (Wildman–Crippen MR) is 177 cm³/mol. The Kier molecular flexibility index (Phi) is 11.2. The minimum atomic E-state index is -0.338. The highest BCUT2D eigenvalue weighted by Crippen LogP contribution is 2.38. The maximum Gasteiger partial charge on any atom is 0.261 e. The molecular weight excluding hydrogens is 544 g/mol. The topological polar surface area (TPSA) is 117 Å². The lowest BCUT2D eigenvalue weighted by Gasteiger charge is -2.26. The van der Waals surface area contributed by atoms with Crippen molar-refractivity contribution in [2.45, 2.75) is 20.8 Å². The lowest BCUT2D eigenvalue weighted by Crippen LogP contribution is -2.29. The molecule has 0 aliphatic carbocycles. The third-order valence-corrected chi connectivity index (χ3v) is 7.38. The number of aromatic nitrogens is 3. The van der Waals surface area contributed by atoms with Gasteiger partial charge in [-0.1, -0.05) is 33.4 Å². The normalized spacial score (nSPS) is 12.7. The first-order chi connectivity index (χ1) is 20.4. The lowest BCUT2D eigenvalue weighted by molar-refractivity contribution is -0.111. The molecule has 3 rings (SSSR count). The third-order valence-electron chi connectivity index (χ3n) is 7.38. The summed E-state index contributed by atoms with van der Waals surface area (Å²) in [4.78, 5) is 43.3. The van der Waals surface area contributed by atoms with Gasteiger partial charge >= 0.3 is 0 Å². The maximum absolute atomic E-state index is 13.4. The van der Waals surface area contributed by atoms with Gasteiger partial charge in [-0.05, 0) is 50.2 Å². The highest BCUT2D eigenvalue weighted by molar-refractivity contribution is 6.09. The molecule has 11 nitrogen and oxygen atoms in total. The van der Waals surface area contributed by atoms with E-state index in [1.165, 1.54) is 10.6 Å². The average molecular weight is 589 g/mol. The summed E-state index contributed by atoms with van der Waals surface area (Å²) in [5.41, 5.74) is 3.21. The second kappa shape index (κ2) is 14.6. The van der Waals surface area contributed by atoms with E-state index in [4.69, 9.17) is 4.74 Å². The molecule has 0 saturated heterocycles. The zero-order chi connectivity index (χ0) is 31.8. The number of rotatable bonds is 13. The number of hydrogen-bond acceptors (Lipinski definition) is 9. The largest absolute Gasteiger partial charge is 0.494 e. The molecule has 43 heavy (non-hydrogen) atoms. The van der Waals surface area contributed by atoms with Crippen LogP contribution in [0.15, 0.2) is 59.0 Å². The summed E-state index contributed by atoms with van der Waals surface area (Å²) >= 11 is 0. The van der Waals surface area contributed by atoms with Crippen LogP contribution in [0, 0.1) is 11.8 Å². The monoisotopic (exact) mass is 588 g/mol. The van der Waals surface area contributed by atoms with E-state index >= 15 is 0 Å². The summed E-state index contributed by atoms with van der Waals surface area (Å²) in [5.74, 6) is 1.27. The molecule has 1 unspecified atom stereocenters. The fourth-order valence-corrected chi connectivity index (χ4v) is 4.27. The Bertz CT molecular complexity index is 1590. The van der Waals surface area contributed by atoms with Crippen molar-refractivity contribution in [2.75, 3.05) is 63.9 Å². The van der Waals surface area contributed by atoms with Crippen molar-refractivity contribution in [3.63, 3.8) is 0 Å². The number of aliphatic imine (C=N–C) groups is 1. The van der Waals surface area contributed by atoms with Gasteiger partial charge in [-0.25, -0.2) is 4.98 Å². The molecule has 3 aromatic rings. The number of pyridine rings is 1. The van der Waals surface area contributed by atoms with Crippen LogP contribution in [0.2, 0.25) is 0 Å². The predicted octanol–water partition coefficient (Wildman–Crippen LogP) is 4.47. The number of aryl methyl sites for hydroxylation is 1. The van der Waals surface area contributed by atoms with E-state index in [0.717, 1.165) is 18.8 Å². The molecule has 0 radical (unpaired) electrons. The van der Waals surface area contributed by atoms with Gasteiger partial charge in [0.2, 0.25) is 11.9 Å². The number of fused-ring (bicyclic) bond motifs is 1. The number of nitrogens with zero attached hydrogens (tertiary/aromatic N) is 6. The number of methoxy groups -OCH3 is 1. The number of likely N-dealkylation sites (N-methyl/N-ethyl adjacent to an activating group) is 2. The molecule has 0 bridgehead atoms. The molecular formula is C32H44N8O3. The number of benzene rings is 1. The van der Waals surface area contributed by atoms with Crippen molar-refractivity contribution in [3.8, 4) is 5.75 Å². The van der Waals surface area contributed by atoms with Crippen LogP contribution < -0.4 is 25.8 Å². The molecule has 2 heterocycles. The van der Waals surface area contributed by atoms with E-state index in [0.29, 0.717) is 51.3 Å². The van der Waals surface area contributed by atoms with Crippen molar-refractivity contribution in [3.05, 3.63) is 65.1 Å². The number of hydrogen-bond donors (Lipinski definition) is 2. The van der Waals surface area contributed by atoms with Crippen LogP contribution in [0.3, 0.4) is 0 Å². The van der Waals surface area contributed by atoms with Crippen molar-refractivity contribution < 1.29 is 9.53 Å². The minimum Gasteiger partial charge on any atom is -0.494 e. The van der Waals surface area contributed by atoms with Gasteiger partial charge < -0.3 is 25.2 Å². The number of carbonyl (C=O) groups excluding carboxylic acids is 1. The molecule has 1 atom stereocenters. The Balaban J connectivity index is 2.03. The molecule has 1 aromatic carbocycles. The minimum absolute atomic E-state index is 0.211. The summed E-state index contributed by atoms with van der Waals surface area (Å²) in [5, 5.41) is 6.78. The number of amides is 1. The van der Waals surface area contributed by atoms with Crippen LogP contribution >= 0.6 is 0 Å². The molecule has 2 N–H and O–H groups in total. The Morgan fingerprint density at radius 2 is 1.88 bits per heavy atom. The molecule has 0 spiro atoms. The summed E-state index contributed by atoms with van der Waals surface area (Å²) < 4.78 is 7.19. The first-order valence-corrected chi connectivity index (χ1v) is 14.2. The smallest absolute Gasteiger partial charge is 0.261 e. The van der Waals surface area contributed by atoms with Gasteiger partial charge in [-0.3, -0.25) is 19.1 Å². The maximum atomic E-state index is 13.4. The van der Waals surface area contributed by atoms with Gasteiger partial charge in [0.25, 0.3) is 5.56 Å². The van der Waals surface area contributed by atoms with Crippen LogP contribution in [0.5, 0.6) is 5.75 Å². The highest BCUT2D eigenvalue weighted by Gasteiger charge is 2.18. The number of ether oxygens (including phenoxy) is 1. The molecule has 0 aliphatic rings. The lowest BCUT2D eigenvalue weighted by atomic mass is 9.96. The fourth-order valence-electron chi connectivity index (χ4n) is 4.27. The highest BCUT2D eigenvalue weighted by atomic mass is 16.5. The van der Waals surface area contributed by atoms with Gasteiger partial charge in [-0.15, -0.1) is 0 Å². The van der Waals surface area contributed by atoms with Crippen LogP contribution in [0.4, 0.5) is 23.0 Å². The molecule has 0 saturated carbocycles. The van der Waals surface area contributed by atoms with E-state index < -0.39 is 0 Å². The SMILES string of the molecule is C=CC(=O)Nc1cc(Nc2ncc3cc(C(/C=C\C(C)C(C)C)=NC)c(=O)n(C)c3n2)c(OC)cc1N(C)CCN(C)C. The first-order valence-electron chi connectivity index (χ1n) is 14.2. The van der Waals surface area contributed by atoms with Crippen molar-refractivity contribution >= 4 is 45.7 Å². The Morgan fingerprint density at radius 3 is 2.49 bits per heavy atom. The number of anilines is 4. The summed E-state index contributed by atoms with van der Waals surface area (Å²) in [6.45, 7) is 11.6. The number of carbonyl (C=O) groups is 1. The zero-order valence-corrected chi connectivity index (χ0v) is 26.7. The summed E-state index contributed by atoms with van der Waals surface area (Å²) in [7, 11) is 10.9. The standard InChI is InChI=1S/C32H44N8O3/c1-11-29(41)35-25-17-26(28(43-10)18-27(25)39(8)15-14-38(6)7)36-32-34-19-22-16-23(31(42)40(9)30(22)37-32)24(33-5)13-12-21(4)20(2)3/h11-13,16-21H,1,14-15H2,2-10H3,(H,35,41)(H,34,36,37)/b13-12-,33-24?. The van der Waals surface area contributed by atoms with Gasteiger partial charge in [0.15, 0.2) is 0 Å². The molecule has 0 fully saturated rings. The van der Waals surface area contributed by atoms with Crippen molar-refractivity contribution in [1.29, 1.82) is 0 Å². The second-order valence-corrected chi connectivity index (χ2v) is 11.1. The first kappa shape index (κ1) is 33.0. The summed E-state index contributed by atoms with van der Waals surface area (Å²) in [6.07, 6.45) is 6.86. The van der Waals surface area contributed by atoms with Gasteiger partial charge in [-0.2, -0.15) is 4.98 Å². The molecule has 0 aliphatic heterocycles. The Morgan fingerprint density at radius 1 is 1.16 bits per heavy atom. The van der Waals surface area contributed by atoms with E-state index in [1.54, 1.807) is 39.5 Å². The third kappa shape index (κ3) is 8.07.